The van der Waals surface area contributed by atoms with Gasteiger partial charge in [-0.15, -0.1) is 0 Å². The molecule has 2 aromatic carbocycles. The van der Waals surface area contributed by atoms with Gasteiger partial charge in [-0.2, -0.15) is 0 Å². The molecule has 3 nitrogen and oxygen atoms in total. The summed E-state index contributed by atoms with van der Waals surface area (Å²) in [6.07, 6.45) is 0.752. The van der Waals surface area contributed by atoms with Gasteiger partial charge in [0.05, 0.1) is 7.11 Å². The maximum atomic E-state index is 13.2. The first-order chi connectivity index (χ1) is 9.62. The molecular formula is C15H12BrFO3. The fourth-order valence-corrected chi connectivity index (χ4v) is 2.20. The van der Waals surface area contributed by atoms with Gasteiger partial charge in [0.2, 0.25) is 0 Å². The number of hydrogen-bond donors (Lipinski definition) is 0. The number of methoxy groups -OCH3 is 1. The Bertz CT molecular complexity index is 608. The number of rotatable bonds is 5. The van der Waals surface area contributed by atoms with Crippen LogP contribution < -0.4 is 9.47 Å². The highest BCUT2D eigenvalue weighted by Crippen LogP contribution is 2.24. The van der Waals surface area contributed by atoms with Crippen LogP contribution in [0.25, 0.3) is 0 Å². The van der Waals surface area contributed by atoms with E-state index in [1.807, 2.05) is 0 Å². The second-order valence-corrected chi connectivity index (χ2v) is 5.00. The summed E-state index contributed by atoms with van der Waals surface area (Å²) in [5, 5.41) is 0. The van der Waals surface area contributed by atoms with Crippen LogP contribution in [0.1, 0.15) is 15.9 Å². The van der Waals surface area contributed by atoms with Gasteiger partial charge in [-0.05, 0) is 30.3 Å². The third-order valence-corrected chi connectivity index (χ3v) is 3.13. The molecule has 5 heteroatoms. The van der Waals surface area contributed by atoms with Crippen molar-refractivity contribution in [3.63, 3.8) is 0 Å². The molecular weight excluding hydrogens is 327 g/mol. The van der Waals surface area contributed by atoms with Crippen LogP contribution in [0, 0.1) is 5.82 Å². The van der Waals surface area contributed by atoms with E-state index in [1.54, 1.807) is 24.3 Å². The predicted molar refractivity (Wildman–Crippen MR) is 76.8 cm³/mol. The average Bonchev–Trinajstić information content (AvgIpc) is 2.43. The normalized spacial score (nSPS) is 10.2. The van der Waals surface area contributed by atoms with Gasteiger partial charge in [-0.25, -0.2) is 4.39 Å². The molecule has 0 atom stereocenters. The lowest BCUT2D eigenvalue weighted by atomic mass is 10.1. The first kappa shape index (κ1) is 14.5. The zero-order valence-electron chi connectivity index (χ0n) is 10.7. The molecule has 0 N–H and O–H groups in total. The summed E-state index contributed by atoms with van der Waals surface area (Å²) >= 11 is 3.20. The fourth-order valence-electron chi connectivity index (χ4n) is 1.76. The Balaban J connectivity index is 2.19. The van der Waals surface area contributed by atoms with E-state index in [4.69, 9.17) is 9.47 Å². The summed E-state index contributed by atoms with van der Waals surface area (Å²) in [7, 11) is 1.54. The third-order valence-electron chi connectivity index (χ3n) is 2.67. The lowest BCUT2D eigenvalue weighted by Gasteiger charge is -2.11. The summed E-state index contributed by atoms with van der Waals surface area (Å²) in [5.74, 6) is 0.629. The Morgan fingerprint density at radius 3 is 2.70 bits per heavy atom. The molecule has 0 fully saturated rings. The minimum Gasteiger partial charge on any atom is -0.496 e. The van der Waals surface area contributed by atoms with Crippen LogP contribution in [0.4, 0.5) is 4.39 Å². The third kappa shape index (κ3) is 3.57. The van der Waals surface area contributed by atoms with Gasteiger partial charge in [0.15, 0.2) is 0 Å². The van der Waals surface area contributed by atoms with E-state index in [1.165, 1.54) is 19.2 Å². The van der Waals surface area contributed by atoms with Crippen LogP contribution in [0.2, 0.25) is 0 Å². The second kappa shape index (κ2) is 6.52. The van der Waals surface area contributed by atoms with Crippen LogP contribution in [0.5, 0.6) is 11.5 Å². The number of hydrogen-bond acceptors (Lipinski definition) is 3. The van der Waals surface area contributed by atoms with Crippen molar-refractivity contribution >= 4 is 22.2 Å². The first-order valence-corrected chi connectivity index (χ1v) is 6.62. The lowest BCUT2D eigenvalue weighted by molar-refractivity contribution is 0.112. The summed E-state index contributed by atoms with van der Waals surface area (Å²) in [5.41, 5.74) is 1.25. The summed E-state index contributed by atoms with van der Waals surface area (Å²) in [4.78, 5) is 10.8. The van der Waals surface area contributed by atoms with Gasteiger partial charge >= 0.3 is 0 Å². The Hall–Kier alpha value is -1.88. The maximum absolute atomic E-state index is 13.2. The molecule has 0 heterocycles. The van der Waals surface area contributed by atoms with E-state index in [0.29, 0.717) is 21.5 Å². The Morgan fingerprint density at radius 1 is 1.25 bits per heavy atom. The molecule has 0 aliphatic heterocycles. The SMILES string of the molecule is COc1ccc(C=O)cc1COc1cc(F)cc(Br)c1. The van der Waals surface area contributed by atoms with Crippen molar-refractivity contribution in [1.29, 1.82) is 0 Å². The number of aldehydes is 1. The molecule has 104 valence electrons. The van der Waals surface area contributed by atoms with E-state index in [9.17, 15) is 9.18 Å². The Morgan fingerprint density at radius 2 is 2.05 bits per heavy atom. The molecule has 0 amide bonds. The van der Waals surface area contributed by atoms with Crippen LogP contribution in [0.3, 0.4) is 0 Å². The smallest absolute Gasteiger partial charge is 0.150 e. The highest BCUT2D eigenvalue weighted by atomic mass is 79.9. The molecule has 0 unspecified atom stereocenters. The van der Waals surface area contributed by atoms with E-state index in [2.05, 4.69) is 15.9 Å². The number of carbonyl (C=O) groups is 1. The van der Waals surface area contributed by atoms with E-state index in [0.717, 1.165) is 11.8 Å². The van der Waals surface area contributed by atoms with E-state index < -0.39 is 0 Å². The molecule has 2 rings (SSSR count). The minimum absolute atomic E-state index is 0.181. The molecule has 0 aromatic heterocycles. The van der Waals surface area contributed by atoms with Crippen molar-refractivity contribution in [3.8, 4) is 11.5 Å². The average molecular weight is 339 g/mol. The number of carbonyl (C=O) groups excluding carboxylic acids is 1. The quantitative estimate of drug-likeness (QED) is 0.773. The van der Waals surface area contributed by atoms with Gasteiger partial charge in [0.25, 0.3) is 0 Å². The molecule has 0 aliphatic carbocycles. The van der Waals surface area contributed by atoms with Crippen molar-refractivity contribution < 1.29 is 18.7 Å². The van der Waals surface area contributed by atoms with Gasteiger partial charge in [-0.3, -0.25) is 4.79 Å². The highest BCUT2D eigenvalue weighted by molar-refractivity contribution is 9.10. The van der Waals surface area contributed by atoms with Gasteiger partial charge in [0.1, 0.15) is 30.2 Å². The minimum atomic E-state index is -0.386. The molecule has 0 saturated heterocycles. The second-order valence-electron chi connectivity index (χ2n) is 4.08. The lowest BCUT2D eigenvalue weighted by Crippen LogP contribution is -2.00. The topological polar surface area (TPSA) is 35.5 Å². The highest BCUT2D eigenvalue weighted by Gasteiger charge is 2.06. The van der Waals surface area contributed by atoms with Gasteiger partial charge < -0.3 is 9.47 Å². The van der Waals surface area contributed by atoms with Crippen molar-refractivity contribution in [3.05, 3.63) is 57.8 Å². The zero-order valence-corrected chi connectivity index (χ0v) is 12.3. The summed E-state index contributed by atoms with van der Waals surface area (Å²) < 4.78 is 24.6. The van der Waals surface area contributed by atoms with Crippen LogP contribution in [0.15, 0.2) is 40.9 Å². The Labute approximate surface area is 124 Å². The van der Waals surface area contributed by atoms with Crippen molar-refractivity contribution in [2.75, 3.05) is 7.11 Å². The molecule has 0 radical (unpaired) electrons. The standard InChI is InChI=1S/C15H12BrFO3/c1-19-15-3-2-10(8-18)4-11(15)9-20-14-6-12(16)5-13(17)7-14/h2-8H,9H2,1H3. The van der Waals surface area contributed by atoms with Crippen molar-refractivity contribution in [2.45, 2.75) is 6.61 Å². The Kier molecular flexibility index (Phi) is 4.74. The van der Waals surface area contributed by atoms with Crippen LogP contribution in [-0.4, -0.2) is 13.4 Å². The molecule has 0 spiro atoms. The fraction of sp³-hybridized carbons (Fsp3) is 0.133. The van der Waals surface area contributed by atoms with E-state index in [-0.39, 0.29) is 12.4 Å². The van der Waals surface area contributed by atoms with Crippen LogP contribution in [-0.2, 0) is 6.61 Å². The molecule has 2 aromatic rings. The van der Waals surface area contributed by atoms with Crippen molar-refractivity contribution in [2.24, 2.45) is 0 Å². The van der Waals surface area contributed by atoms with E-state index >= 15 is 0 Å². The first-order valence-electron chi connectivity index (χ1n) is 5.83. The number of halogens is 2. The van der Waals surface area contributed by atoms with Crippen molar-refractivity contribution in [1.82, 2.24) is 0 Å². The number of benzene rings is 2. The van der Waals surface area contributed by atoms with Crippen LogP contribution >= 0.6 is 15.9 Å². The monoisotopic (exact) mass is 338 g/mol. The zero-order chi connectivity index (χ0) is 14.5. The molecule has 20 heavy (non-hydrogen) atoms. The molecule has 0 saturated carbocycles. The van der Waals surface area contributed by atoms with Gasteiger partial charge in [0, 0.05) is 21.7 Å². The largest absolute Gasteiger partial charge is 0.496 e. The molecule has 0 aliphatic rings. The molecule has 0 bridgehead atoms. The number of ether oxygens (including phenoxy) is 2. The summed E-state index contributed by atoms with van der Waals surface area (Å²) in [6.45, 7) is 0.181. The summed E-state index contributed by atoms with van der Waals surface area (Å²) in [6, 6.07) is 9.35. The van der Waals surface area contributed by atoms with Gasteiger partial charge in [-0.1, -0.05) is 15.9 Å². The predicted octanol–water partition coefficient (Wildman–Crippen LogP) is 3.99. The maximum Gasteiger partial charge on any atom is 0.150 e.